The number of hydrogen-bond donors (Lipinski definition) is 3. The van der Waals surface area contributed by atoms with Crippen LogP contribution in [0.25, 0.3) is 84.1 Å². The third kappa shape index (κ3) is 8.94. The quantitative estimate of drug-likeness (QED) is 0.112. The van der Waals surface area contributed by atoms with Gasteiger partial charge in [0.1, 0.15) is 28.6 Å². The zero-order valence-corrected chi connectivity index (χ0v) is 42.0. The van der Waals surface area contributed by atoms with Crippen molar-refractivity contribution in [2.24, 2.45) is 0 Å². The van der Waals surface area contributed by atoms with Gasteiger partial charge >= 0.3 is 0 Å². The standard InChI is InChI=1S/C62H45Cl3N6O3/c1-61(73,46-8-6-7-42(31-46)43-19-28-57-66-54(35-69(57)32-43)39-13-22-47(63)23-14-39)38-62(74,53-12-5-4-10-51(53)45-21-30-59-68-56(37-71(59)34-45)41-17-26-49(65)27-18-41)60(72)52-11-3-2-9-50(52)44-20-29-58-67-55(36-70(58)33-44)40-15-24-48(64)25-16-40/h2-37,60,72-74H,38H2,1H3. The van der Waals surface area contributed by atoms with Crippen LogP contribution < -0.4 is 0 Å². The second-order valence-corrected chi connectivity index (χ2v) is 20.2. The molecule has 6 heterocycles. The molecule has 0 radical (unpaired) electrons. The fourth-order valence-electron chi connectivity index (χ4n) is 10.1. The fraction of sp³-hybridized carbons (Fsp3) is 0.0806. The lowest BCUT2D eigenvalue weighted by Gasteiger charge is -2.41. The molecular formula is C62H45Cl3N6O3. The number of imidazole rings is 3. The molecule has 0 aliphatic rings. The predicted octanol–water partition coefficient (Wildman–Crippen LogP) is 14.8. The van der Waals surface area contributed by atoms with Crippen LogP contribution in [-0.2, 0) is 11.2 Å². The molecule has 0 saturated heterocycles. The summed E-state index contributed by atoms with van der Waals surface area (Å²) >= 11 is 18.6. The maximum absolute atomic E-state index is 13.9. The van der Waals surface area contributed by atoms with E-state index < -0.39 is 17.3 Å². The molecule has 12 rings (SSSR count). The highest BCUT2D eigenvalue weighted by atomic mass is 35.5. The number of aliphatic hydroxyl groups excluding tert-OH is 1. The molecule has 3 atom stereocenters. The van der Waals surface area contributed by atoms with E-state index >= 15 is 0 Å². The lowest BCUT2D eigenvalue weighted by Crippen LogP contribution is -2.41. The van der Waals surface area contributed by atoms with Crippen LogP contribution >= 0.6 is 34.8 Å². The van der Waals surface area contributed by atoms with Crippen LogP contribution in [0.5, 0.6) is 0 Å². The molecule has 0 aliphatic carbocycles. The lowest BCUT2D eigenvalue weighted by molar-refractivity contribution is -0.132. The van der Waals surface area contributed by atoms with Crippen LogP contribution in [0.15, 0.2) is 219 Å². The molecule has 0 spiro atoms. The first-order chi connectivity index (χ1) is 35.8. The van der Waals surface area contributed by atoms with E-state index in [9.17, 15) is 15.3 Å². The number of aliphatic hydroxyl groups is 3. The Labute approximate surface area is 441 Å². The van der Waals surface area contributed by atoms with Gasteiger partial charge < -0.3 is 28.5 Å². The summed E-state index contributed by atoms with van der Waals surface area (Å²) in [5, 5.41) is 42.0. The Morgan fingerprint density at radius 3 is 1.36 bits per heavy atom. The van der Waals surface area contributed by atoms with Gasteiger partial charge in [-0.05, 0) is 136 Å². The summed E-state index contributed by atoms with van der Waals surface area (Å²) < 4.78 is 5.89. The van der Waals surface area contributed by atoms with E-state index in [0.29, 0.717) is 42.9 Å². The molecule has 6 aromatic carbocycles. The van der Waals surface area contributed by atoms with Gasteiger partial charge in [0.25, 0.3) is 0 Å². The first kappa shape index (κ1) is 47.2. The van der Waals surface area contributed by atoms with Crippen molar-refractivity contribution in [2.45, 2.75) is 30.7 Å². The summed E-state index contributed by atoms with van der Waals surface area (Å²) in [5.74, 6) is 0. The minimum absolute atomic E-state index is 0.306. The Morgan fingerprint density at radius 2 is 0.851 bits per heavy atom. The summed E-state index contributed by atoms with van der Waals surface area (Å²) in [4.78, 5) is 14.6. The highest BCUT2D eigenvalue weighted by molar-refractivity contribution is 6.31. The molecule has 3 N–H and O–H groups in total. The maximum atomic E-state index is 13.9. The maximum Gasteiger partial charge on any atom is 0.137 e. The van der Waals surface area contributed by atoms with E-state index in [1.807, 2.05) is 232 Å². The number of rotatable bonds is 12. The van der Waals surface area contributed by atoms with Crippen molar-refractivity contribution < 1.29 is 15.3 Å². The first-order valence-electron chi connectivity index (χ1n) is 24.0. The molecule has 6 aromatic heterocycles. The number of nitrogens with zero attached hydrogens (tertiary/aromatic N) is 6. The second-order valence-electron chi connectivity index (χ2n) is 18.9. The highest BCUT2D eigenvalue weighted by Crippen LogP contribution is 2.49. The lowest BCUT2D eigenvalue weighted by atomic mass is 9.72. The van der Waals surface area contributed by atoms with Gasteiger partial charge in [-0.2, -0.15) is 0 Å². The Balaban J connectivity index is 0.950. The van der Waals surface area contributed by atoms with Gasteiger partial charge in [-0.1, -0.05) is 138 Å². The van der Waals surface area contributed by atoms with E-state index in [0.717, 1.165) is 73.0 Å². The molecule has 0 bridgehead atoms. The molecule has 12 aromatic rings. The van der Waals surface area contributed by atoms with Gasteiger partial charge in [-0.25, -0.2) is 15.0 Å². The van der Waals surface area contributed by atoms with Crippen molar-refractivity contribution in [3.8, 4) is 67.2 Å². The van der Waals surface area contributed by atoms with Gasteiger partial charge in [-0.3, -0.25) is 0 Å². The van der Waals surface area contributed by atoms with Crippen LogP contribution in [0.2, 0.25) is 15.1 Å². The highest BCUT2D eigenvalue weighted by Gasteiger charge is 2.46. The van der Waals surface area contributed by atoms with Gasteiger partial charge in [0.15, 0.2) is 0 Å². The Kier molecular flexibility index (Phi) is 12.0. The van der Waals surface area contributed by atoms with Crippen LogP contribution in [0.3, 0.4) is 0 Å². The summed E-state index contributed by atoms with van der Waals surface area (Å²) in [7, 11) is 0. The molecule has 3 unspecified atom stereocenters. The molecule has 362 valence electrons. The molecule has 0 saturated carbocycles. The molecule has 0 aliphatic heterocycles. The van der Waals surface area contributed by atoms with E-state index in [-0.39, 0.29) is 6.42 Å². The number of pyridine rings is 3. The topological polar surface area (TPSA) is 113 Å². The molecular weight excluding hydrogens is 983 g/mol. The number of aromatic nitrogens is 6. The van der Waals surface area contributed by atoms with Gasteiger partial charge in [0.05, 0.1) is 22.7 Å². The van der Waals surface area contributed by atoms with Crippen molar-refractivity contribution in [3.63, 3.8) is 0 Å². The molecule has 74 heavy (non-hydrogen) atoms. The zero-order chi connectivity index (χ0) is 50.7. The summed E-state index contributed by atoms with van der Waals surface area (Å²) in [6.45, 7) is 1.69. The van der Waals surface area contributed by atoms with E-state index in [1.165, 1.54) is 0 Å². The summed E-state index contributed by atoms with van der Waals surface area (Å²) in [5.41, 5.74) is 9.71. The van der Waals surface area contributed by atoms with Crippen LogP contribution in [0.4, 0.5) is 0 Å². The smallest absolute Gasteiger partial charge is 0.137 e. The van der Waals surface area contributed by atoms with Gasteiger partial charge in [0.2, 0.25) is 0 Å². The summed E-state index contributed by atoms with van der Waals surface area (Å²) in [6.07, 6.45) is 9.98. The average molecular weight is 1030 g/mol. The summed E-state index contributed by atoms with van der Waals surface area (Å²) in [6, 6.07) is 57.2. The van der Waals surface area contributed by atoms with E-state index in [1.54, 1.807) is 6.92 Å². The average Bonchev–Trinajstić information content (AvgIpc) is 4.18. The van der Waals surface area contributed by atoms with Gasteiger partial charge in [0, 0.05) is 75.4 Å². The third-order valence-corrected chi connectivity index (χ3v) is 14.7. The van der Waals surface area contributed by atoms with Crippen molar-refractivity contribution in [3.05, 3.63) is 251 Å². The monoisotopic (exact) mass is 1030 g/mol. The second kappa shape index (κ2) is 18.9. The molecule has 0 fully saturated rings. The molecule has 12 heteroatoms. The van der Waals surface area contributed by atoms with Crippen molar-refractivity contribution in [1.29, 1.82) is 0 Å². The number of halogens is 3. The Bertz CT molecular complexity index is 4050. The fourth-order valence-corrected chi connectivity index (χ4v) is 10.5. The number of benzene rings is 6. The number of fused-ring (bicyclic) bond motifs is 3. The van der Waals surface area contributed by atoms with E-state index in [2.05, 4.69) is 0 Å². The van der Waals surface area contributed by atoms with E-state index in [4.69, 9.17) is 49.8 Å². The predicted molar refractivity (Wildman–Crippen MR) is 296 cm³/mol. The Hall–Kier alpha value is -7.86. The zero-order valence-electron chi connectivity index (χ0n) is 39.7. The number of hydrogen-bond acceptors (Lipinski definition) is 6. The van der Waals surface area contributed by atoms with Crippen LogP contribution in [0.1, 0.15) is 36.1 Å². The SMILES string of the molecule is CC(O)(CC(O)(c1ccccc1-c1ccc2nc(-c3ccc(Cl)cc3)cn2c1)C(O)c1ccccc1-c1ccc2nc(-c3ccc(Cl)cc3)cn2c1)c1cccc(-c2ccc3nc(-c4ccc(Cl)cc4)cn3c2)c1. The minimum Gasteiger partial charge on any atom is -0.385 e. The minimum atomic E-state index is -2.11. The van der Waals surface area contributed by atoms with Crippen molar-refractivity contribution in [2.75, 3.05) is 0 Å². The van der Waals surface area contributed by atoms with Crippen LogP contribution in [0, 0.1) is 0 Å². The Morgan fingerprint density at radius 1 is 0.432 bits per heavy atom. The van der Waals surface area contributed by atoms with Crippen molar-refractivity contribution >= 4 is 51.7 Å². The largest absolute Gasteiger partial charge is 0.385 e. The van der Waals surface area contributed by atoms with Crippen LogP contribution in [-0.4, -0.2) is 43.5 Å². The molecule has 0 amide bonds. The van der Waals surface area contributed by atoms with Gasteiger partial charge in [-0.15, -0.1) is 0 Å². The third-order valence-electron chi connectivity index (χ3n) is 13.9. The first-order valence-corrected chi connectivity index (χ1v) is 25.2. The molecule has 9 nitrogen and oxygen atoms in total. The normalized spacial score (nSPS) is 13.8. The van der Waals surface area contributed by atoms with Crippen molar-refractivity contribution in [1.82, 2.24) is 28.2 Å².